The molecular weight excluding hydrogens is 174 g/mol. The number of hydrogen-bond acceptors (Lipinski definition) is 2. The van der Waals surface area contributed by atoms with Gasteiger partial charge < -0.3 is 9.64 Å². The molecule has 1 aliphatic rings. The van der Waals surface area contributed by atoms with Crippen molar-refractivity contribution >= 4 is 0 Å². The summed E-state index contributed by atoms with van der Waals surface area (Å²) in [4.78, 5) is 2.08. The maximum Gasteiger partial charge on any atom is 0.106 e. The van der Waals surface area contributed by atoms with Gasteiger partial charge in [0.15, 0.2) is 0 Å². The highest BCUT2D eigenvalue weighted by molar-refractivity contribution is 5.22. The Morgan fingerprint density at radius 2 is 2.00 bits per heavy atom. The molecule has 1 aromatic carbocycles. The van der Waals surface area contributed by atoms with Gasteiger partial charge in [0.2, 0.25) is 0 Å². The molecule has 0 aliphatic carbocycles. The van der Waals surface area contributed by atoms with E-state index >= 15 is 0 Å². The van der Waals surface area contributed by atoms with Crippen LogP contribution in [0.5, 0.6) is 0 Å². The van der Waals surface area contributed by atoms with Crippen LogP contribution in [-0.2, 0) is 11.3 Å². The molecule has 1 aromatic rings. The van der Waals surface area contributed by atoms with E-state index in [1.807, 2.05) is 12.4 Å². The van der Waals surface area contributed by atoms with Crippen LogP contribution in [0.15, 0.2) is 49.2 Å². The van der Waals surface area contributed by atoms with Crippen molar-refractivity contribution in [1.82, 2.24) is 4.90 Å². The lowest BCUT2D eigenvalue weighted by atomic mass is 10.1. The average Bonchev–Trinajstić information content (AvgIpc) is 2.19. The number of ether oxygens (including phenoxy) is 1. The SMILES string of the molecule is Cc1cccc(CN2C=COC=C2)c1. The Bertz CT molecular complexity index is 356. The zero-order valence-electron chi connectivity index (χ0n) is 8.18. The van der Waals surface area contributed by atoms with Crippen molar-refractivity contribution in [2.24, 2.45) is 0 Å². The third-order valence-corrected chi connectivity index (χ3v) is 2.11. The van der Waals surface area contributed by atoms with Crippen molar-refractivity contribution in [1.29, 1.82) is 0 Å². The Morgan fingerprint density at radius 3 is 2.71 bits per heavy atom. The summed E-state index contributed by atoms with van der Waals surface area (Å²) in [7, 11) is 0. The Labute approximate surface area is 84.1 Å². The lowest BCUT2D eigenvalue weighted by Crippen LogP contribution is -2.11. The molecule has 2 heteroatoms. The third-order valence-electron chi connectivity index (χ3n) is 2.11. The molecule has 0 N–H and O–H groups in total. The van der Waals surface area contributed by atoms with Gasteiger partial charge in [0, 0.05) is 18.9 Å². The van der Waals surface area contributed by atoms with E-state index in [-0.39, 0.29) is 0 Å². The van der Waals surface area contributed by atoms with Crippen LogP contribution in [0.1, 0.15) is 11.1 Å². The molecule has 0 bridgehead atoms. The van der Waals surface area contributed by atoms with Crippen LogP contribution in [0.2, 0.25) is 0 Å². The van der Waals surface area contributed by atoms with Crippen molar-refractivity contribution in [2.75, 3.05) is 0 Å². The highest BCUT2D eigenvalue weighted by Crippen LogP contribution is 2.10. The lowest BCUT2D eigenvalue weighted by molar-refractivity contribution is 0.342. The van der Waals surface area contributed by atoms with Gasteiger partial charge in [-0.25, -0.2) is 0 Å². The van der Waals surface area contributed by atoms with E-state index in [4.69, 9.17) is 4.74 Å². The van der Waals surface area contributed by atoms with Crippen LogP contribution in [0, 0.1) is 6.92 Å². The Balaban J connectivity index is 2.06. The zero-order valence-corrected chi connectivity index (χ0v) is 8.18. The highest BCUT2D eigenvalue weighted by atomic mass is 16.5. The molecular formula is C12H13NO. The van der Waals surface area contributed by atoms with Gasteiger partial charge in [-0.15, -0.1) is 0 Å². The summed E-state index contributed by atoms with van der Waals surface area (Å²) in [5, 5.41) is 0. The van der Waals surface area contributed by atoms with Gasteiger partial charge in [0.25, 0.3) is 0 Å². The largest absolute Gasteiger partial charge is 0.470 e. The average molecular weight is 187 g/mol. The molecule has 0 atom stereocenters. The molecule has 2 nitrogen and oxygen atoms in total. The molecule has 0 radical (unpaired) electrons. The first kappa shape index (κ1) is 8.88. The maximum atomic E-state index is 4.96. The Kier molecular flexibility index (Phi) is 2.54. The smallest absolute Gasteiger partial charge is 0.106 e. The molecule has 2 rings (SSSR count). The fourth-order valence-electron chi connectivity index (χ4n) is 1.45. The van der Waals surface area contributed by atoms with E-state index in [2.05, 4.69) is 36.1 Å². The van der Waals surface area contributed by atoms with E-state index in [0.717, 1.165) is 6.54 Å². The number of benzene rings is 1. The van der Waals surface area contributed by atoms with Crippen molar-refractivity contribution in [3.8, 4) is 0 Å². The van der Waals surface area contributed by atoms with Crippen molar-refractivity contribution in [3.05, 3.63) is 60.3 Å². The molecule has 0 fully saturated rings. The van der Waals surface area contributed by atoms with E-state index in [1.54, 1.807) is 12.5 Å². The summed E-state index contributed by atoms with van der Waals surface area (Å²) in [6, 6.07) is 8.51. The molecule has 0 aromatic heterocycles. The van der Waals surface area contributed by atoms with Crippen molar-refractivity contribution in [3.63, 3.8) is 0 Å². The first-order valence-corrected chi connectivity index (χ1v) is 4.65. The normalized spacial score (nSPS) is 14.2. The van der Waals surface area contributed by atoms with Gasteiger partial charge in [0.1, 0.15) is 12.5 Å². The highest BCUT2D eigenvalue weighted by Gasteiger charge is 2.00. The van der Waals surface area contributed by atoms with Crippen LogP contribution >= 0.6 is 0 Å². The molecule has 0 saturated carbocycles. The lowest BCUT2D eigenvalue weighted by Gasteiger charge is -2.17. The van der Waals surface area contributed by atoms with Crippen LogP contribution in [-0.4, -0.2) is 4.90 Å². The summed E-state index contributed by atoms with van der Waals surface area (Å²) in [6.45, 7) is 2.99. The monoisotopic (exact) mass is 187 g/mol. The van der Waals surface area contributed by atoms with E-state index in [0.29, 0.717) is 0 Å². The third kappa shape index (κ3) is 2.16. The summed E-state index contributed by atoms with van der Waals surface area (Å²) < 4.78 is 4.96. The molecule has 1 aliphatic heterocycles. The molecule has 1 heterocycles. The second kappa shape index (κ2) is 4.01. The molecule has 0 spiro atoms. The van der Waals surface area contributed by atoms with E-state index < -0.39 is 0 Å². The number of hydrogen-bond donors (Lipinski definition) is 0. The predicted octanol–water partition coefficient (Wildman–Crippen LogP) is 2.77. The van der Waals surface area contributed by atoms with Crippen molar-refractivity contribution < 1.29 is 4.74 Å². The van der Waals surface area contributed by atoms with Gasteiger partial charge in [-0.05, 0) is 12.5 Å². The minimum Gasteiger partial charge on any atom is -0.470 e. The molecule has 0 saturated heterocycles. The molecule has 14 heavy (non-hydrogen) atoms. The fraction of sp³-hybridized carbons (Fsp3) is 0.167. The second-order valence-corrected chi connectivity index (χ2v) is 3.37. The van der Waals surface area contributed by atoms with Gasteiger partial charge in [0.05, 0.1) is 0 Å². The van der Waals surface area contributed by atoms with Gasteiger partial charge >= 0.3 is 0 Å². The fourth-order valence-corrected chi connectivity index (χ4v) is 1.45. The van der Waals surface area contributed by atoms with Crippen LogP contribution in [0.25, 0.3) is 0 Å². The molecule has 0 amide bonds. The quantitative estimate of drug-likeness (QED) is 0.706. The first-order chi connectivity index (χ1) is 6.84. The Morgan fingerprint density at radius 1 is 1.21 bits per heavy atom. The topological polar surface area (TPSA) is 12.5 Å². The predicted molar refractivity (Wildman–Crippen MR) is 56.1 cm³/mol. The maximum absolute atomic E-state index is 4.96. The van der Waals surface area contributed by atoms with Crippen LogP contribution < -0.4 is 0 Å². The summed E-state index contributed by atoms with van der Waals surface area (Å²) >= 11 is 0. The number of rotatable bonds is 2. The zero-order chi connectivity index (χ0) is 9.80. The Hall–Kier alpha value is -1.70. The van der Waals surface area contributed by atoms with E-state index in [1.165, 1.54) is 11.1 Å². The van der Waals surface area contributed by atoms with Crippen LogP contribution in [0.4, 0.5) is 0 Å². The summed E-state index contributed by atoms with van der Waals surface area (Å²) in [5.74, 6) is 0. The van der Waals surface area contributed by atoms with Crippen molar-refractivity contribution in [2.45, 2.75) is 13.5 Å². The van der Waals surface area contributed by atoms with Gasteiger partial charge in [-0.2, -0.15) is 0 Å². The first-order valence-electron chi connectivity index (χ1n) is 4.65. The standard InChI is InChI=1S/C12H13NO/c1-11-3-2-4-12(9-11)10-13-5-7-14-8-6-13/h2-9H,10H2,1H3. The summed E-state index contributed by atoms with van der Waals surface area (Å²) in [5.41, 5.74) is 2.60. The number of nitrogens with zero attached hydrogens (tertiary/aromatic N) is 1. The minimum absolute atomic E-state index is 0.887. The molecule has 0 unspecified atom stereocenters. The van der Waals surface area contributed by atoms with Crippen LogP contribution in [0.3, 0.4) is 0 Å². The number of aryl methyl sites for hydroxylation is 1. The summed E-state index contributed by atoms with van der Waals surface area (Å²) in [6.07, 6.45) is 7.19. The van der Waals surface area contributed by atoms with Gasteiger partial charge in [-0.3, -0.25) is 0 Å². The van der Waals surface area contributed by atoms with Gasteiger partial charge in [-0.1, -0.05) is 29.8 Å². The second-order valence-electron chi connectivity index (χ2n) is 3.37. The minimum atomic E-state index is 0.887. The van der Waals surface area contributed by atoms with E-state index in [9.17, 15) is 0 Å². The molecule has 72 valence electrons.